The fourth-order valence-electron chi connectivity index (χ4n) is 3.12. The maximum atomic E-state index is 12.8. The third-order valence-electron chi connectivity index (χ3n) is 4.57. The lowest BCUT2D eigenvalue weighted by molar-refractivity contribution is -0.138. The first kappa shape index (κ1) is 17.4. The predicted molar refractivity (Wildman–Crippen MR) is 91.4 cm³/mol. The summed E-state index contributed by atoms with van der Waals surface area (Å²) in [5.74, 6) is 0.658. The van der Waals surface area contributed by atoms with Crippen LogP contribution < -0.4 is 0 Å². The van der Waals surface area contributed by atoms with Gasteiger partial charge in [0.1, 0.15) is 5.76 Å². The van der Waals surface area contributed by atoms with Crippen LogP contribution in [0.5, 0.6) is 0 Å². The van der Waals surface area contributed by atoms with Crippen molar-refractivity contribution in [2.75, 3.05) is 19.8 Å². The van der Waals surface area contributed by atoms with Crippen molar-refractivity contribution in [1.29, 1.82) is 0 Å². The first-order valence-electron chi connectivity index (χ1n) is 8.43. The quantitative estimate of drug-likeness (QED) is 0.780. The average molecular weight is 342 g/mol. The average Bonchev–Trinajstić information content (AvgIpc) is 2.95. The number of aromatic nitrogens is 1. The summed E-state index contributed by atoms with van der Waals surface area (Å²) >= 11 is 0. The zero-order chi connectivity index (χ0) is 17.8. The Morgan fingerprint density at radius 3 is 2.68 bits per heavy atom. The molecule has 25 heavy (non-hydrogen) atoms. The van der Waals surface area contributed by atoms with Gasteiger partial charge in [-0.25, -0.2) is 0 Å². The second-order valence-corrected chi connectivity index (χ2v) is 6.29. The third-order valence-corrected chi connectivity index (χ3v) is 4.57. The number of Topliss-reactive ketones (excluding diaryl/α,β-unsaturated/α-hetero) is 1. The molecule has 0 aliphatic carbocycles. The number of amides is 1. The molecular weight excluding hydrogens is 320 g/mol. The molecule has 1 aromatic heterocycles. The molecule has 0 radical (unpaired) electrons. The summed E-state index contributed by atoms with van der Waals surface area (Å²) in [6, 6.07) is 8.90. The van der Waals surface area contributed by atoms with Gasteiger partial charge in [0, 0.05) is 24.1 Å². The highest BCUT2D eigenvalue weighted by molar-refractivity contribution is 5.96. The van der Waals surface area contributed by atoms with Gasteiger partial charge in [-0.05, 0) is 13.8 Å². The molecule has 6 heteroatoms. The Balaban J connectivity index is 1.70. The minimum Gasteiger partial charge on any atom is -0.377 e. The molecule has 1 aromatic carbocycles. The summed E-state index contributed by atoms with van der Waals surface area (Å²) in [5.41, 5.74) is 2.21. The molecule has 1 atom stereocenters. The maximum absolute atomic E-state index is 12.8. The lowest BCUT2D eigenvalue weighted by atomic mass is 10.0. The van der Waals surface area contributed by atoms with Crippen molar-refractivity contribution in [3.63, 3.8) is 0 Å². The van der Waals surface area contributed by atoms with Crippen LogP contribution in [0.15, 0.2) is 34.9 Å². The number of ketones is 1. The third kappa shape index (κ3) is 3.96. The Kier molecular flexibility index (Phi) is 5.28. The first-order valence-corrected chi connectivity index (χ1v) is 8.43. The van der Waals surface area contributed by atoms with Crippen molar-refractivity contribution >= 4 is 11.7 Å². The standard InChI is InChI=1S/C19H22N2O4/c1-13-17(14(2)25-20-13)11-19(23)21-8-9-24-12-16(21)10-18(22)15-6-4-3-5-7-15/h3-7,16H,8-12H2,1-2H3/t16-/m0/s1. The molecule has 1 saturated heterocycles. The molecule has 1 amide bonds. The van der Waals surface area contributed by atoms with Gasteiger partial charge in [0.05, 0.1) is 31.4 Å². The van der Waals surface area contributed by atoms with Crippen molar-refractivity contribution in [2.24, 2.45) is 0 Å². The van der Waals surface area contributed by atoms with Crippen molar-refractivity contribution in [3.8, 4) is 0 Å². The lowest BCUT2D eigenvalue weighted by Crippen LogP contribution is -2.50. The fraction of sp³-hybridized carbons (Fsp3) is 0.421. The van der Waals surface area contributed by atoms with Gasteiger partial charge in [0.15, 0.2) is 5.78 Å². The summed E-state index contributed by atoms with van der Waals surface area (Å²) in [5, 5.41) is 3.90. The van der Waals surface area contributed by atoms with Gasteiger partial charge in [0.25, 0.3) is 0 Å². The number of rotatable bonds is 5. The van der Waals surface area contributed by atoms with Crippen LogP contribution in [0.1, 0.15) is 33.8 Å². The fourth-order valence-corrected chi connectivity index (χ4v) is 3.12. The number of ether oxygens (including phenoxy) is 1. The Hall–Kier alpha value is -2.47. The highest BCUT2D eigenvalue weighted by Crippen LogP contribution is 2.19. The van der Waals surface area contributed by atoms with Crippen LogP contribution in [0, 0.1) is 13.8 Å². The molecule has 1 aliphatic heterocycles. The van der Waals surface area contributed by atoms with Gasteiger partial charge in [-0.3, -0.25) is 9.59 Å². The highest BCUT2D eigenvalue weighted by atomic mass is 16.5. The maximum Gasteiger partial charge on any atom is 0.227 e. The van der Waals surface area contributed by atoms with Crippen LogP contribution in [0.2, 0.25) is 0 Å². The number of benzene rings is 1. The molecule has 0 N–H and O–H groups in total. The van der Waals surface area contributed by atoms with E-state index in [1.165, 1.54) is 0 Å². The number of morpholine rings is 1. The largest absolute Gasteiger partial charge is 0.377 e. The predicted octanol–water partition coefficient (Wildman–Crippen LogP) is 2.33. The van der Waals surface area contributed by atoms with Crippen molar-refractivity contribution < 1.29 is 18.8 Å². The second-order valence-electron chi connectivity index (χ2n) is 6.29. The summed E-state index contributed by atoms with van der Waals surface area (Å²) in [7, 11) is 0. The Bertz CT molecular complexity index is 735. The minimum atomic E-state index is -0.241. The van der Waals surface area contributed by atoms with E-state index in [2.05, 4.69) is 5.16 Å². The van der Waals surface area contributed by atoms with Gasteiger partial charge >= 0.3 is 0 Å². The number of aryl methyl sites for hydroxylation is 2. The van der Waals surface area contributed by atoms with E-state index in [4.69, 9.17) is 9.26 Å². The van der Waals surface area contributed by atoms with E-state index in [1.54, 1.807) is 24.0 Å². The SMILES string of the molecule is Cc1noc(C)c1CC(=O)N1CCOC[C@@H]1CC(=O)c1ccccc1. The number of hydrogen-bond donors (Lipinski definition) is 0. The van der Waals surface area contributed by atoms with Crippen LogP contribution in [-0.4, -0.2) is 47.5 Å². The Morgan fingerprint density at radius 2 is 2.00 bits per heavy atom. The van der Waals surface area contributed by atoms with E-state index in [0.717, 1.165) is 11.3 Å². The first-order chi connectivity index (χ1) is 12.1. The topological polar surface area (TPSA) is 72.6 Å². The van der Waals surface area contributed by atoms with E-state index in [1.807, 2.05) is 25.1 Å². The molecule has 2 aromatic rings. The molecule has 0 unspecified atom stereocenters. The highest BCUT2D eigenvalue weighted by Gasteiger charge is 2.30. The second kappa shape index (κ2) is 7.61. The van der Waals surface area contributed by atoms with Crippen LogP contribution in [0.4, 0.5) is 0 Å². The molecular formula is C19H22N2O4. The van der Waals surface area contributed by atoms with Gasteiger partial charge in [0.2, 0.25) is 5.91 Å². The molecule has 132 valence electrons. The zero-order valence-corrected chi connectivity index (χ0v) is 14.5. The molecule has 1 fully saturated rings. The number of hydrogen-bond acceptors (Lipinski definition) is 5. The van der Waals surface area contributed by atoms with Gasteiger partial charge < -0.3 is 14.2 Å². The van der Waals surface area contributed by atoms with Crippen molar-refractivity contribution in [3.05, 3.63) is 52.9 Å². The molecule has 0 saturated carbocycles. The molecule has 0 spiro atoms. The normalized spacial score (nSPS) is 17.5. The van der Waals surface area contributed by atoms with Crippen molar-refractivity contribution in [1.82, 2.24) is 10.1 Å². The van der Waals surface area contributed by atoms with E-state index in [0.29, 0.717) is 31.1 Å². The zero-order valence-electron chi connectivity index (χ0n) is 14.5. The Morgan fingerprint density at radius 1 is 1.24 bits per heavy atom. The number of nitrogens with zero attached hydrogens (tertiary/aromatic N) is 2. The molecule has 2 heterocycles. The molecule has 0 bridgehead atoms. The van der Waals surface area contributed by atoms with Crippen LogP contribution in [-0.2, 0) is 16.0 Å². The summed E-state index contributed by atoms with van der Waals surface area (Å²) in [4.78, 5) is 27.0. The molecule has 3 rings (SSSR count). The van der Waals surface area contributed by atoms with E-state index < -0.39 is 0 Å². The molecule has 6 nitrogen and oxygen atoms in total. The van der Waals surface area contributed by atoms with Crippen LogP contribution in [0.25, 0.3) is 0 Å². The summed E-state index contributed by atoms with van der Waals surface area (Å²) < 4.78 is 10.6. The monoisotopic (exact) mass is 342 g/mol. The number of carbonyl (C=O) groups excluding carboxylic acids is 2. The van der Waals surface area contributed by atoms with Gasteiger partial charge in [-0.2, -0.15) is 0 Å². The minimum absolute atomic E-state index is 0.0197. The summed E-state index contributed by atoms with van der Waals surface area (Å²) in [6.07, 6.45) is 0.495. The van der Waals surface area contributed by atoms with Gasteiger partial charge in [-0.1, -0.05) is 35.5 Å². The smallest absolute Gasteiger partial charge is 0.227 e. The van der Waals surface area contributed by atoms with E-state index >= 15 is 0 Å². The van der Waals surface area contributed by atoms with E-state index in [-0.39, 0.29) is 30.6 Å². The number of carbonyl (C=O) groups is 2. The Labute approximate surface area is 146 Å². The van der Waals surface area contributed by atoms with Crippen molar-refractivity contribution in [2.45, 2.75) is 32.7 Å². The molecule has 1 aliphatic rings. The summed E-state index contributed by atoms with van der Waals surface area (Å²) in [6.45, 7) is 5.00. The van der Waals surface area contributed by atoms with Crippen LogP contribution >= 0.6 is 0 Å². The van der Waals surface area contributed by atoms with Crippen LogP contribution in [0.3, 0.4) is 0 Å². The van der Waals surface area contributed by atoms with E-state index in [9.17, 15) is 9.59 Å². The van der Waals surface area contributed by atoms with Gasteiger partial charge in [-0.15, -0.1) is 0 Å². The lowest BCUT2D eigenvalue weighted by Gasteiger charge is -2.35.